The second-order valence-corrected chi connectivity index (χ2v) is 13.5. The van der Waals surface area contributed by atoms with Crippen LogP contribution >= 0.6 is 23.2 Å². The van der Waals surface area contributed by atoms with E-state index in [-0.39, 0.29) is 55.0 Å². The molecular weight excluding hydrogens is 650 g/mol. The fraction of sp³-hybridized carbons (Fsp3) is 0.375. The molecular formula is C32H36Cl2F3N3O4S. The molecule has 0 aliphatic rings. The summed E-state index contributed by atoms with van der Waals surface area (Å²) in [6.45, 7) is 3.53. The molecule has 3 rings (SSSR count). The Hall–Kier alpha value is -3.28. The highest BCUT2D eigenvalue weighted by Gasteiger charge is 2.33. The van der Waals surface area contributed by atoms with Crippen molar-refractivity contribution in [3.05, 3.63) is 99.5 Å². The third-order valence-electron chi connectivity index (χ3n) is 7.22. The van der Waals surface area contributed by atoms with Gasteiger partial charge in [-0.25, -0.2) is 8.42 Å². The molecule has 0 bridgehead atoms. The fourth-order valence-electron chi connectivity index (χ4n) is 4.67. The lowest BCUT2D eigenvalue weighted by molar-refractivity contribution is -0.141. The van der Waals surface area contributed by atoms with Gasteiger partial charge in [0, 0.05) is 32.0 Å². The van der Waals surface area contributed by atoms with Crippen LogP contribution in [-0.2, 0) is 38.8 Å². The van der Waals surface area contributed by atoms with Crippen molar-refractivity contribution in [3.8, 4) is 0 Å². The highest BCUT2D eigenvalue weighted by molar-refractivity contribution is 7.92. The number of carbonyl (C=O) groups is 2. The first-order valence-corrected chi connectivity index (χ1v) is 16.9. The molecule has 244 valence electrons. The highest BCUT2D eigenvalue weighted by Crippen LogP contribution is 2.32. The van der Waals surface area contributed by atoms with Crippen molar-refractivity contribution < 1.29 is 31.2 Å². The van der Waals surface area contributed by atoms with Crippen LogP contribution < -0.4 is 9.62 Å². The minimum atomic E-state index is -4.66. The van der Waals surface area contributed by atoms with E-state index in [2.05, 4.69) is 5.32 Å². The number of carbonyl (C=O) groups excluding carboxylic acids is 2. The second kappa shape index (κ2) is 15.8. The second-order valence-electron chi connectivity index (χ2n) is 10.8. The van der Waals surface area contributed by atoms with E-state index in [1.165, 1.54) is 11.0 Å². The maximum Gasteiger partial charge on any atom is 0.416 e. The zero-order valence-electron chi connectivity index (χ0n) is 25.2. The standard InChI is InChI=1S/C32H36Cl2F3N3O4S/c1-4-22(2)38-31(42)29(19-23-10-6-5-7-11-23)39(21-24-15-16-27(33)28(34)18-24)30(41)14-9-17-40(45(3,43)44)26-13-8-12-25(20-26)32(35,36)37/h5-8,10-13,15-16,18,20,22,29H,4,9,14,17,19,21H2,1-3H3,(H,38,42)/t22-,29-/m0/s1. The predicted octanol–water partition coefficient (Wildman–Crippen LogP) is 7.11. The number of sulfonamides is 1. The normalized spacial score (nSPS) is 13.2. The summed E-state index contributed by atoms with van der Waals surface area (Å²) in [4.78, 5) is 29.0. The maximum absolute atomic E-state index is 13.9. The molecule has 0 saturated carbocycles. The molecule has 0 radical (unpaired) electrons. The monoisotopic (exact) mass is 685 g/mol. The quantitative estimate of drug-likeness (QED) is 0.196. The van der Waals surface area contributed by atoms with Crippen molar-refractivity contribution in [1.82, 2.24) is 10.2 Å². The number of hydrogen-bond acceptors (Lipinski definition) is 4. The first kappa shape index (κ1) is 36.2. The van der Waals surface area contributed by atoms with Crippen molar-refractivity contribution >= 4 is 50.7 Å². The Labute approximate surface area is 272 Å². The number of benzene rings is 3. The van der Waals surface area contributed by atoms with Crippen LogP contribution in [0.4, 0.5) is 18.9 Å². The zero-order chi connectivity index (χ0) is 33.4. The summed E-state index contributed by atoms with van der Waals surface area (Å²) in [7, 11) is -3.99. The van der Waals surface area contributed by atoms with E-state index >= 15 is 0 Å². The number of amides is 2. The van der Waals surface area contributed by atoms with E-state index in [1.807, 2.05) is 44.2 Å². The third kappa shape index (κ3) is 10.6. The maximum atomic E-state index is 13.9. The molecule has 0 unspecified atom stereocenters. The number of rotatable bonds is 14. The Bertz CT molecular complexity index is 1570. The van der Waals surface area contributed by atoms with Crippen LogP contribution in [0.2, 0.25) is 10.0 Å². The van der Waals surface area contributed by atoms with E-state index in [0.717, 1.165) is 34.3 Å². The Morgan fingerprint density at radius 1 is 0.933 bits per heavy atom. The van der Waals surface area contributed by atoms with Gasteiger partial charge in [-0.2, -0.15) is 13.2 Å². The third-order valence-corrected chi connectivity index (χ3v) is 9.16. The lowest BCUT2D eigenvalue weighted by Crippen LogP contribution is -2.52. The molecule has 0 heterocycles. The number of hydrogen-bond donors (Lipinski definition) is 1. The number of nitrogens with one attached hydrogen (secondary N) is 1. The van der Waals surface area contributed by atoms with Gasteiger partial charge in [0.2, 0.25) is 21.8 Å². The van der Waals surface area contributed by atoms with Crippen LogP contribution in [0, 0.1) is 0 Å². The first-order valence-electron chi connectivity index (χ1n) is 14.3. The van der Waals surface area contributed by atoms with Gasteiger partial charge in [0.15, 0.2) is 0 Å². The van der Waals surface area contributed by atoms with Crippen molar-refractivity contribution in [2.45, 2.75) is 64.3 Å². The number of alkyl halides is 3. The molecule has 0 aliphatic heterocycles. The molecule has 2 amide bonds. The zero-order valence-corrected chi connectivity index (χ0v) is 27.5. The van der Waals surface area contributed by atoms with Crippen molar-refractivity contribution in [1.29, 1.82) is 0 Å². The molecule has 3 aromatic carbocycles. The van der Waals surface area contributed by atoms with E-state index in [0.29, 0.717) is 17.0 Å². The first-order chi connectivity index (χ1) is 21.1. The van der Waals surface area contributed by atoms with Gasteiger partial charge in [-0.05, 0) is 61.2 Å². The fourth-order valence-corrected chi connectivity index (χ4v) is 5.95. The SMILES string of the molecule is CC[C@H](C)NC(=O)[C@H](Cc1ccccc1)N(Cc1ccc(Cl)c(Cl)c1)C(=O)CCCN(c1cccc(C(F)(F)F)c1)S(C)(=O)=O. The van der Waals surface area contributed by atoms with Gasteiger partial charge in [-0.3, -0.25) is 13.9 Å². The van der Waals surface area contributed by atoms with E-state index in [4.69, 9.17) is 23.2 Å². The summed E-state index contributed by atoms with van der Waals surface area (Å²) in [5.41, 5.74) is 0.284. The van der Waals surface area contributed by atoms with Crippen LogP contribution in [0.25, 0.3) is 0 Å². The molecule has 0 aromatic heterocycles. The average Bonchev–Trinajstić information content (AvgIpc) is 2.98. The topological polar surface area (TPSA) is 86.8 Å². The molecule has 2 atom stereocenters. The number of halogens is 5. The van der Waals surface area contributed by atoms with Crippen LogP contribution in [0.5, 0.6) is 0 Å². The highest BCUT2D eigenvalue weighted by atomic mass is 35.5. The number of nitrogens with zero attached hydrogens (tertiary/aromatic N) is 2. The van der Waals surface area contributed by atoms with Gasteiger partial charge in [0.1, 0.15) is 6.04 Å². The molecule has 0 aliphatic carbocycles. The minimum Gasteiger partial charge on any atom is -0.352 e. The molecule has 13 heteroatoms. The van der Waals surface area contributed by atoms with Crippen molar-refractivity contribution in [2.24, 2.45) is 0 Å². The summed E-state index contributed by atoms with van der Waals surface area (Å²) in [6.07, 6.45) is -3.11. The van der Waals surface area contributed by atoms with Crippen LogP contribution in [0.1, 0.15) is 49.8 Å². The summed E-state index contributed by atoms with van der Waals surface area (Å²) < 4.78 is 66.1. The smallest absolute Gasteiger partial charge is 0.352 e. The van der Waals surface area contributed by atoms with Gasteiger partial charge >= 0.3 is 6.18 Å². The molecule has 0 fully saturated rings. The summed E-state index contributed by atoms with van der Waals surface area (Å²) in [5, 5.41) is 3.56. The molecule has 45 heavy (non-hydrogen) atoms. The Morgan fingerprint density at radius 3 is 2.22 bits per heavy atom. The lowest BCUT2D eigenvalue weighted by Gasteiger charge is -2.33. The van der Waals surface area contributed by atoms with Gasteiger partial charge < -0.3 is 10.2 Å². The van der Waals surface area contributed by atoms with E-state index in [9.17, 15) is 31.2 Å². The predicted molar refractivity (Wildman–Crippen MR) is 172 cm³/mol. The summed E-state index contributed by atoms with van der Waals surface area (Å²) in [5.74, 6) is -0.804. The largest absolute Gasteiger partial charge is 0.416 e. The van der Waals surface area contributed by atoms with Crippen LogP contribution in [0.15, 0.2) is 72.8 Å². The van der Waals surface area contributed by atoms with Crippen molar-refractivity contribution in [2.75, 3.05) is 17.1 Å². The van der Waals surface area contributed by atoms with Gasteiger partial charge in [-0.15, -0.1) is 0 Å². The molecule has 3 aromatic rings. The van der Waals surface area contributed by atoms with Gasteiger partial charge in [0.05, 0.1) is 27.6 Å². The van der Waals surface area contributed by atoms with E-state index in [1.54, 1.807) is 18.2 Å². The summed E-state index contributed by atoms with van der Waals surface area (Å²) >= 11 is 12.3. The van der Waals surface area contributed by atoms with Gasteiger partial charge in [0.25, 0.3) is 0 Å². The Balaban J connectivity index is 1.93. The summed E-state index contributed by atoms with van der Waals surface area (Å²) in [6, 6.07) is 17.0. The average molecular weight is 687 g/mol. The molecule has 1 N–H and O–H groups in total. The van der Waals surface area contributed by atoms with Crippen LogP contribution in [0.3, 0.4) is 0 Å². The molecule has 0 spiro atoms. The van der Waals surface area contributed by atoms with Crippen LogP contribution in [-0.4, -0.2) is 50.0 Å². The Morgan fingerprint density at radius 2 is 1.62 bits per heavy atom. The molecule has 7 nitrogen and oxygen atoms in total. The van der Waals surface area contributed by atoms with Gasteiger partial charge in [-0.1, -0.05) is 72.6 Å². The minimum absolute atomic E-state index is 0.00453. The number of anilines is 1. The van der Waals surface area contributed by atoms with E-state index < -0.39 is 33.7 Å². The molecule has 0 saturated heterocycles. The Kier molecular flexibility index (Phi) is 12.7. The lowest BCUT2D eigenvalue weighted by atomic mass is 10.0. The van der Waals surface area contributed by atoms with Crippen molar-refractivity contribution in [3.63, 3.8) is 0 Å².